The van der Waals surface area contributed by atoms with Gasteiger partial charge in [-0.2, -0.15) is 5.10 Å². The maximum Gasteiger partial charge on any atom is 0.181 e. The van der Waals surface area contributed by atoms with Crippen molar-refractivity contribution in [3.8, 4) is 17.0 Å². The molecule has 3 N–H and O–H groups in total. The normalized spacial score (nSPS) is 15.1. The molecular weight excluding hydrogens is 502 g/mol. The number of piperazine rings is 1. The van der Waals surface area contributed by atoms with E-state index in [0.717, 1.165) is 43.5 Å². The Morgan fingerprint density at radius 3 is 2.67 bits per heavy atom. The summed E-state index contributed by atoms with van der Waals surface area (Å²) in [4.78, 5) is 15.8. The third kappa shape index (κ3) is 5.99. The molecular formula is C28H30F2N8O. The summed E-state index contributed by atoms with van der Waals surface area (Å²) in [6.45, 7) is 8.37. The Morgan fingerprint density at radius 1 is 1.15 bits per heavy atom. The molecule has 9 nitrogen and oxygen atoms in total. The average molecular weight is 533 g/mol. The quantitative estimate of drug-likeness (QED) is 0.224. The van der Waals surface area contributed by atoms with E-state index in [1.807, 2.05) is 36.4 Å². The number of fused-ring (bicyclic) bond motifs is 1. The minimum absolute atomic E-state index is 0.114. The first-order chi connectivity index (χ1) is 18.9. The highest BCUT2D eigenvalue weighted by atomic mass is 19.1. The van der Waals surface area contributed by atoms with Crippen LogP contribution in [0.3, 0.4) is 0 Å². The van der Waals surface area contributed by atoms with Crippen LogP contribution in [-0.4, -0.2) is 77.5 Å². The second-order valence-electron chi connectivity index (χ2n) is 9.34. The van der Waals surface area contributed by atoms with Gasteiger partial charge in [0.2, 0.25) is 0 Å². The van der Waals surface area contributed by atoms with Crippen LogP contribution >= 0.6 is 0 Å². The molecule has 0 radical (unpaired) electrons. The topological polar surface area (TPSA) is 96.9 Å². The van der Waals surface area contributed by atoms with Crippen LogP contribution < -0.4 is 10.1 Å². The lowest BCUT2D eigenvalue weighted by atomic mass is 10.2. The molecule has 5 rings (SSSR count). The van der Waals surface area contributed by atoms with Crippen molar-refractivity contribution in [1.82, 2.24) is 25.0 Å². The maximum atomic E-state index is 15.0. The van der Waals surface area contributed by atoms with E-state index in [2.05, 4.69) is 54.0 Å². The number of H-pyrrole nitrogens is 2. The number of hydrogen-bond acceptors (Lipinski definition) is 6. The second kappa shape index (κ2) is 11.5. The van der Waals surface area contributed by atoms with E-state index in [4.69, 9.17) is 4.74 Å². The lowest BCUT2D eigenvalue weighted by molar-refractivity contribution is 0.214. The lowest BCUT2D eigenvalue weighted by Crippen LogP contribution is -2.47. The van der Waals surface area contributed by atoms with Gasteiger partial charge in [-0.1, -0.05) is 30.3 Å². The molecule has 1 aliphatic heterocycles. The number of likely N-dealkylation sites (N-methyl/N-ethyl adjacent to an activating group) is 1. The van der Waals surface area contributed by atoms with Crippen LogP contribution in [0.1, 0.15) is 5.69 Å². The summed E-state index contributed by atoms with van der Waals surface area (Å²) >= 11 is 0. The Morgan fingerprint density at radius 2 is 1.92 bits per heavy atom. The van der Waals surface area contributed by atoms with Gasteiger partial charge in [-0.3, -0.25) is 5.10 Å². The number of aromatic nitrogens is 3. The van der Waals surface area contributed by atoms with Gasteiger partial charge in [0.05, 0.1) is 11.2 Å². The Labute approximate surface area is 224 Å². The standard InChI is InChI=1S/C28H30F2N8O/c1-18-13-20-27(30)23(14-21(29)28(20)33-18)39-17-32-26(38-11-9-37(3)10-12-38)16-24(31-2)34-25-15-22(35-36-25)19-7-5-4-6-8-19/h4-8,13-16,33H,2,9-12,17H2,1,3H3,(H2,34,35,36)/b24-16+,32-26+. The summed E-state index contributed by atoms with van der Waals surface area (Å²) in [6, 6.07) is 14.3. The van der Waals surface area contributed by atoms with E-state index in [-0.39, 0.29) is 23.4 Å². The molecule has 1 saturated heterocycles. The van der Waals surface area contributed by atoms with Crippen LogP contribution in [0.25, 0.3) is 22.2 Å². The zero-order valence-electron chi connectivity index (χ0n) is 21.8. The second-order valence-corrected chi connectivity index (χ2v) is 9.34. The highest BCUT2D eigenvalue weighted by molar-refractivity contribution is 5.94. The van der Waals surface area contributed by atoms with Crippen molar-refractivity contribution in [3.63, 3.8) is 0 Å². The van der Waals surface area contributed by atoms with Crippen molar-refractivity contribution in [2.24, 2.45) is 9.98 Å². The van der Waals surface area contributed by atoms with E-state index in [9.17, 15) is 8.78 Å². The number of aliphatic imine (C=N–C) groups is 2. The SMILES string of the molecule is C=N/C(=C\C(=N/COc1cc(F)c2[nH]c(C)cc2c1F)N1CCN(C)CC1)Nc1cc(-c2ccccc2)[nH]n1. The molecule has 3 heterocycles. The third-order valence-corrected chi connectivity index (χ3v) is 6.53. The first-order valence-electron chi connectivity index (χ1n) is 12.6. The number of nitrogens with one attached hydrogen (secondary N) is 3. The van der Waals surface area contributed by atoms with Crippen molar-refractivity contribution in [1.29, 1.82) is 0 Å². The number of halogens is 2. The summed E-state index contributed by atoms with van der Waals surface area (Å²) in [5.74, 6) is 0.152. The van der Waals surface area contributed by atoms with Crippen molar-refractivity contribution in [2.75, 3.05) is 45.3 Å². The number of benzene rings is 2. The highest BCUT2D eigenvalue weighted by Crippen LogP contribution is 2.29. The summed E-state index contributed by atoms with van der Waals surface area (Å²) in [5.41, 5.74) is 2.63. The molecule has 0 amide bonds. The summed E-state index contributed by atoms with van der Waals surface area (Å²) in [6.07, 6.45) is 1.74. The summed E-state index contributed by atoms with van der Waals surface area (Å²) < 4.78 is 35.1. The largest absolute Gasteiger partial charge is 0.468 e. The highest BCUT2D eigenvalue weighted by Gasteiger charge is 2.19. The Hall–Kier alpha value is -4.51. The first-order valence-corrected chi connectivity index (χ1v) is 12.6. The number of rotatable bonds is 8. The summed E-state index contributed by atoms with van der Waals surface area (Å²) in [5, 5.41) is 10.6. The van der Waals surface area contributed by atoms with E-state index in [0.29, 0.717) is 23.2 Å². The van der Waals surface area contributed by atoms with Gasteiger partial charge >= 0.3 is 0 Å². The molecule has 0 aliphatic carbocycles. The van der Waals surface area contributed by atoms with Crippen LogP contribution in [-0.2, 0) is 0 Å². The molecule has 2 aromatic carbocycles. The first kappa shape index (κ1) is 26.1. The minimum Gasteiger partial charge on any atom is -0.468 e. The van der Waals surface area contributed by atoms with Crippen LogP contribution in [0, 0.1) is 18.6 Å². The van der Waals surface area contributed by atoms with Crippen molar-refractivity contribution < 1.29 is 13.5 Å². The molecule has 2 aromatic heterocycles. The monoisotopic (exact) mass is 532 g/mol. The van der Waals surface area contributed by atoms with Gasteiger partial charge in [-0.15, -0.1) is 0 Å². The molecule has 0 saturated carbocycles. The predicted octanol–water partition coefficient (Wildman–Crippen LogP) is 4.78. The van der Waals surface area contributed by atoms with Crippen molar-refractivity contribution >= 4 is 29.3 Å². The molecule has 0 unspecified atom stereocenters. The maximum absolute atomic E-state index is 15.0. The molecule has 0 spiro atoms. The minimum atomic E-state index is -0.634. The van der Waals surface area contributed by atoms with Gasteiger partial charge < -0.3 is 24.8 Å². The Bertz CT molecular complexity index is 1520. The van der Waals surface area contributed by atoms with Gasteiger partial charge in [0.15, 0.2) is 29.9 Å². The fourth-order valence-electron chi connectivity index (χ4n) is 4.41. The number of aromatic amines is 2. The molecule has 202 valence electrons. The molecule has 0 atom stereocenters. The lowest BCUT2D eigenvalue weighted by Gasteiger charge is -2.33. The molecule has 4 aromatic rings. The number of anilines is 1. The van der Waals surface area contributed by atoms with Crippen molar-refractivity contribution in [3.05, 3.63) is 77.8 Å². The predicted molar refractivity (Wildman–Crippen MR) is 150 cm³/mol. The van der Waals surface area contributed by atoms with E-state index < -0.39 is 11.6 Å². The van der Waals surface area contributed by atoms with Crippen LogP contribution in [0.4, 0.5) is 14.6 Å². The van der Waals surface area contributed by atoms with Gasteiger partial charge in [0.25, 0.3) is 0 Å². The Kier molecular flexibility index (Phi) is 7.69. The number of nitrogens with zero attached hydrogens (tertiary/aromatic N) is 5. The van der Waals surface area contributed by atoms with Crippen LogP contribution in [0.5, 0.6) is 5.75 Å². The van der Waals surface area contributed by atoms with E-state index in [1.165, 1.54) is 0 Å². The van der Waals surface area contributed by atoms with Crippen LogP contribution in [0.2, 0.25) is 0 Å². The number of aryl methyl sites for hydroxylation is 1. The Balaban J connectivity index is 1.37. The average Bonchev–Trinajstić information content (AvgIpc) is 3.58. The van der Waals surface area contributed by atoms with Gasteiger partial charge in [0, 0.05) is 55.5 Å². The van der Waals surface area contributed by atoms with Gasteiger partial charge in [-0.05, 0) is 32.3 Å². The fourth-order valence-corrected chi connectivity index (χ4v) is 4.41. The number of amidine groups is 1. The molecule has 11 heteroatoms. The van der Waals surface area contributed by atoms with Crippen LogP contribution in [0.15, 0.2) is 70.4 Å². The third-order valence-electron chi connectivity index (χ3n) is 6.53. The summed E-state index contributed by atoms with van der Waals surface area (Å²) in [7, 11) is 2.06. The number of hydrogen-bond donors (Lipinski definition) is 3. The van der Waals surface area contributed by atoms with Gasteiger partial charge in [-0.25, -0.2) is 18.8 Å². The molecule has 39 heavy (non-hydrogen) atoms. The molecule has 1 aliphatic rings. The molecule has 1 fully saturated rings. The van der Waals surface area contributed by atoms with Crippen molar-refractivity contribution in [2.45, 2.75) is 6.92 Å². The zero-order chi connectivity index (χ0) is 27.4. The number of ether oxygens (including phenoxy) is 1. The van der Waals surface area contributed by atoms with E-state index in [1.54, 1.807) is 19.1 Å². The smallest absolute Gasteiger partial charge is 0.181 e. The fraction of sp³-hybridized carbons (Fsp3) is 0.250. The molecule has 0 bridgehead atoms. The van der Waals surface area contributed by atoms with E-state index >= 15 is 0 Å². The van der Waals surface area contributed by atoms with Gasteiger partial charge in [0.1, 0.15) is 11.7 Å². The zero-order valence-corrected chi connectivity index (χ0v) is 21.8.